The number of hydrogen-bond donors (Lipinski definition) is 2. The highest BCUT2D eigenvalue weighted by atomic mass is 16.6. The molecule has 0 radical (unpaired) electrons. The highest BCUT2D eigenvalue weighted by Gasteiger charge is 2.72. The van der Waals surface area contributed by atoms with E-state index in [2.05, 4.69) is 10.6 Å². The maximum atomic E-state index is 13.4. The Hall–Kier alpha value is -3.10. The van der Waals surface area contributed by atoms with Crippen LogP contribution in [0.15, 0.2) is 30.3 Å². The molecule has 2 fully saturated rings. The number of esters is 2. The zero-order valence-corrected chi connectivity index (χ0v) is 19.7. The van der Waals surface area contributed by atoms with Gasteiger partial charge in [0.1, 0.15) is 17.2 Å². The van der Waals surface area contributed by atoms with Crippen molar-refractivity contribution < 1.29 is 33.4 Å². The lowest BCUT2D eigenvalue weighted by Gasteiger charge is -2.32. The molecule has 0 heterocycles. The quantitative estimate of drug-likeness (QED) is 0.472. The summed E-state index contributed by atoms with van der Waals surface area (Å²) in [7, 11) is 2.55. The molecule has 2 saturated carbocycles. The van der Waals surface area contributed by atoms with Crippen LogP contribution in [0.1, 0.15) is 39.2 Å². The van der Waals surface area contributed by atoms with Crippen molar-refractivity contribution >= 4 is 23.9 Å². The topological polar surface area (TPSA) is 120 Å². The number of carbonyl (C=O) groups excluding carboxylic acids is 4. The Labute approximate surface area is 193 Å². The molecule has 0 aliphatic heterocycles. The predicted octanol–water partition coefficient (Wildman–Crippen LogP) is 1.98. The molecule has 2 N–H and O–H groups in total. The van der Waals surface area contributed by atoms with Gasteiger partial charge in [-0.05, 0) is 45.1 Å². The lowest BCUT2D eigenvalue weighted by molar-refractivity contribution is -0.153. The van der Waals surface area contributed by atoms with Gasteiger partial charge in [0.2, 0.25) is 5.91 Å². The van der Waals surface area contributed by atoms with Gasteiger partial charge in [0.25, 0.3) is 0 Å². The Morgan fingerprint density at radius 3 is 2.33 bits per heavy atom. The highest BCUT2D eigenvalue weighted by molar-refractivity contribution is 5.94. The molecular weight excluding hydrogens is 428 g/mol. The van der Waals surface area contributed by atoms with Crippen molar-refractivity contribution in [2.75, 3.05) is 14.2 Å². The molecule has 2 amide bonds. The highest BCUT2D eigenvalue weighted by Crippen LogP contribution is 2.63. The standard InChI is InChI=1S/C24H32N2O7/c1-23(2,3)33-22(30)25-16(13-14-9-7-6-8-10-14)19(27)26-24(21(29)32-5)12-11-15-17(18(15)24)20(28)31-4/h6-10,15-18H,11-13H2,1-5H3,(H,25,30)(H,26,27)/t15-,16-,17-,18-,24-/m0/s1. The maximum absolute atomic E-state index is 13.4. The van der Waals surface area contributed by atoms with E-state index in [9.17, 15) is 19.2 Å². The van der Waals surface area contributed by atoms with Crippen LogP contribution < -0.4 is 10.6 Å². The van der Waals surface area contributed by atoms with E-state index in [1.54, 1.807) is 20.8 Å². The van der Waals surface area contributed by atoms with Gasteiger partial charge in [-0.25, -0.2) is 9.59 Å². The first-order chi connectivity index (χ1) is 15.5. The first-order valence-corrected chi connectivity index (χ1v) is 11.0. The molecule has 3 rings (SSSR count). The summed E-state index contributed by atoms with van der Waals surface area (Å²) in [6.07, 6.45) is 0.382. The average molecular weight is 461 g/mol. The fraction of sp³-hybridized carbons (Fsp3) is 0.583. The van der Waals surface area contributed by atoms with E-state index in [1.165, 1.54) is 14.2 Å². The number of benzene rings is 1. The average Bonchev–Trinajstić information content (AvgIpc) is 3.38. The Kier molecular flexibility index (Phi) is 7.00. The van der Waals surface area contributed by atoms with Crippen molar-refractivity contribution in [1.82, 2.24) is 10.6 Å². The third-order valence-corrected chi connectivity index (χ3v) is 6.27. The van der Waals surface area contributed by atoms with E-state index in [0.717, 1.165) is 5.56 Å². The third-order valence-electron chi connectivity index (χ3n) is 6.27. The molecule has 9 nitrogen and oxygen atoms in total. The van der Waals surface area contributed by atoms with Crippen molar-refractivity contribution in [2.45, 2.75) is 57.2 Å². The summed E-state index contributed by atoms with van der Waals surface area (Å²) in [5.74, 6) is -2.48. The molecule has 5 atom stereocenters. The molecule has 2 aliphatic rings. The molecule has 2 aliphatic carbocycles. The Morgan fingerprint density at radius 1 is 1.09 bits per heavy atom. The molecule has 1 aromatic carbocycles. The lowest BCUT2D eigenvalue weighted by Crippen LogP contribution is -2.61. The van der Waals surface area contributed by atoms with Crippen LogP contribution in [0.3, 0.4) is 0 Å². The molecular formula is C24H32N2O7. The van der Waals surface area contributed by atoms with Crippen molar-refractivity contribution in [3.8, 4) is 0 Å². The van der Waals surface area contributed by atoms with Crippen LogP contribution in [0, 0.1) is 17.8 Å². The minimum atomic E-state index is -1.35. The summed E-state index contributed by atoms with van der Waals surface area (Å²) in [5, 5.41) is 5.47. The van der Waals surface area contributed by atoms with Crippen molar-refractivity contribution in [2.24, 2.45) is 17.8 Å². The summed E-state index contributed by atoms with van der Waals surface area (Å²) >= 11 is 0. The van der Waals surface area contributed by atoms with Crippen molar-refractivity contribution in [3.63, 3.8) is 0 Å². The summed E-state index contributed by atoms with van der Waals surface area (Å²) < 4.78 is 15.2. The summed E-state index contributed by atoms with van der Waals surface area (Å²) in [6, 6.07) is 8.20. The Bertz CT molecular complexity index is 911. The number of methoxy groups -OCH3 is 2. The minimum absolute atomic E-state index is 0.0526. The number of ether oxygens (including phenoxy) is 3. The number of alkyl carbamates (subject to hydrolysis) is 1. The number of fused-ring (bicyclic) bond motifs is 1. The van der Waals surface area contributed by atoms with Gasteiger partial charge in [-0.2, -0.15) is 0 Å². The van der Waals surface area contributed by atoms with Crippen LogP contribution in [0.2, 0.25) is 0 Å². The number of carbonyl (C=O) groups is 4. The molecule has 180 valence electrons. The first kappa shape index (κ1) is 24.5. The lowest BCUT2D eigenvalue weighted by atomic mass is 9.89. The van der Waals surface area contributed by atoms with E-state index >= 15 is 0 Å². The molecule has 0 aromatic heterocycles. The minimum Gasteiger partial charge on any atom is -0.469 e. The fourth-order valence-electron chi connectivity index (χ4n) is 4.86. The van der Waals surface area contributed by atoms with E-state index in [0.29, 0.717) is 12.8 Å². The second kappa shape index (κ2) is 9.41. The monoisotopic (exact) mass is 460 g/mol. The van der Waals surface area contributed by atoms with Crippen molar-refractivity contribution in [1.29, 1.82) is 0 Å². The van der Waals surface area contributed by atoms with Crippen LogP contribution in [-0.4, -0.2) is 55.3 Å². The summed E-state index contributed by atoms with van der Waals surface area (Å²) in [4.78, 5) is 50.9. The van der Waals surface area contributed by atoms with Gasteiger partial charge in [-0.1, -0.05) is 30.3 Å². The van der Waals surface area contributed by atoms with E-state index in [-0.39, 0.29) is 12.3 Å². The van der Waals surface area contributed by atoms with Gasteiger partial charge in [0, 0.05) is 12.3 Å². The van der Waals surface area contributed by atoms with Crippen LogP contribution in [-0.2, 0) is 35.0 Å². The molecule has 0 unspecified atom stereocenters. The summed E-state index contributed by atoms with van der Waals surface area (Å²) in [5.41, 5.74) is -1.27. The van der Waals surface area contributed by atoms with E-state index in [1.807, 2.05) is 30.3 Å². The van der Waals surface area contributed by atoms with Gasteiger partial charge in [0.05, 0.1) is 20.1 Å². The summed E-state index contributed by atoms with van der Waals surface area (Å²) in [6.45, 7) is 5.18. The van der Waals surface area contributed by atoms with Crippen molar-refractivity contribution in [3.05, 3.63) is 35.9 Å². The van der Waals surface area contributed by atoms with Gasteiger partial charge in [0.15, 0.2) is 0 Å². The molecule has 1 aromatic rings. The van der Waals surface area contributed by atoms with Crippen LogP contribution in [0.25, 0.3) is 0 Å². The molecule has 9 heteroatoms. The molecule has 33 heavy (non-hydrogen) atoms. The second-order valence-electron chi connectivity index (χ2n) is 9.62. The van der Waals surface area contributed by atoms with Gasteiger partial charge < -0.3 is 24.8 Å². The predicted molar refractivity (Wildman–Crippen MR) is 118 cm³/mol. The van der Waals surface area contributed by atoms with E-state index in [4.69, 9.17) is 14.2 Å². The number of nitrogens with one attached hydrogen (secondary N) is 2. The molecule has 0 bridgehead atoms. The number of hydrogen-bond acceptors (Lipinski definition) is 7. The van der Waals surface area contributed by atoms with Gasteiger partial charge in [-0.3, -0.25) is 9.59 Å². The van der Waals surface area contributed by atoms with Crippen LogP contribution >= 0.6 is 0 Å². The molecule has 0 spiro atoms. The number of amides is 2. The normalized spacial score (nSPS) is 26.4. The van der Waals surface area contributed by atoms with Crippen LogP contribution in [0.4, 0.5) is 4.79 Å². The largest absolute Gasteiger partial charge is 0.469 e. The fourth-order valence-corrected chi connectivity index (χ4v) is 4.86. The Balaban J connectivity index is 1.83. The second-order valence-corrected chi connectivity index (χ2v) is 9.62. The SMILES string of the molecule is COC(=O)[C@H]1[C@@H]2CC[C@@](NC(=O)[C@H](Cc3ccccc3)NC(=O)OC(C)(C)C)(C(=O)OC)[C@@H]21. The zero-order chi connectivity index (χ0) is 24.4. The van der Waals surface area contributed by atoms with Gasteiger partial charge in [-0.15, -0.1) is 0 Å². The third kappa shape index (κ3) is 5.29. The van der Waals surface area contributed by atoms with Gasteiger partial charge >= 0.3 is 18.0 Å². The maximum Gasteiger partial charge on any atom is 0.408 e. The zero-order valence-electron chi connectivity index (χ0n) is 19.7. The van der Waals surface area contributed by atoms with E-state index < -0.39 is 53.0 Å². The Morgan fingerprint density at radius 2 is 1.76 bits per heavy atom. The smallest absolute Gasteiger partial charge is 0.408 e. The molecule has 0 saturated heterocycles. The first-order valence-electron chi connectivity index (χ1n) is 11.0. The van der Waals surface area contributed by atoms with Crippen LogP contribution in [0.5, 0.6) is 0 Å². The number of rotatable bonds is 7.